The van der Waals surface area contributed by atoms with Gasteiger partial charge in [-0.1, -0.05) is 0 Å². The van der Waals surface area contributed by atoms with E-state index in [1.807, 2.05) is 0 Å². The van der Waals surface area contributed by atoms with Crippen LogP contribution in [0.1, 0.15) is 38.5 Å². The van der Waals surface area contributed by atoms with E-state index in [2.05, 4.69) is 10.2 Å². The Labute approximate surface area is 102 Å². The van der Waals surface area contributed by atoms with Gasteiger partial charge in [0.15, 0.2) is 0 Å². The van der Waals surface area contributed by atoms with E-state index in [0.717, 1.165) is 19.0 Å². The maximum Gasteiger partial charge on any atom is 0.250 e. The normalized spacial score (nSPS) is 33.5. The Bertz CT molecular complexity index is 273. The second-order valence-electron chi connectivity index (χ2n) is 5.97. The van der Waals surface area contributed by atoms with Crippen LogP contribution in [0.3, 0.4) is 0 Å². The SMILES string of the molecule is FC1(F)CCN(C2(C3CCNCC3)CC2)CC1. The molecular formula is C13H22F2N2. The summed E-state index contributed by atoms with van der Waals surface area (Å²) in [7, 11) is 0. The molecule has 0 radical (unpaired) electrons. The van der Waals surface area contributed by atoms with Crippen molar-refractivity contribution >= 4 is 0 Å². The van der Waals surface area contributed by atoms with Gasteiger partial charge in [0, 0.05) is 31.5 Å². The Balaban J connectivity index is 1.63. The first-order valence-corrected chi connectivity index (χ1v) is 6.96. The van der Waals surface area contributed by atoms with Crippen LogP contribution < -0.4 is 5.32 Å². The molecular weight excluding hydrogens is 222 g/mol. The number of likely N-dealkylation sites (tertiary alicyclic amines) is 1. The molecule has 0 atom stereocenters. The molecule has 3 rings (SSSR count). The third-order valence-corrected chi connectivity index (χ3v) is 4.99. The lowest BCUT2D eigenvalue weighted by molar-refractivity contribution is -0.0733. The summed E-state index contributed by atoms with van der Waals surface area (Å²) in [6, 6.07) is 0. The third-order valence-electron chi connectivity index (χ3n) is 4.99. The van der Waals surface area contributed by atoms with E-state index in [4.69, 9.17) is 0 Å². The number of halogens is 2. The molecule has 3 fully saturated rings. The predicted molar refractivity (Wildman–Crippen MR) is 63.3 cm³/mol. The minimum Gasteiger partial charge on any atom is -0.317 e. The summed E-state index contributed by atoms with van der Waals surface area (Å²) in [4.78, 5) is 2.39. The van der Waals surface area contributed by atoms with Crippen LogP contribution in [0.4, 0.5) is 8.78 Å². The first-order valence-electron chi connectivity index (χ1n) is 6.96. The molecule has 1 N–H and O–H groups in total. The Hall–Kier alpha value is -0.220. The molecule has 0 spiro atoms. The zero-order chi connectivity index (χ0) is 11.9. The highest BCUT2D eigenvalue weighted by Gasteiger charge is 2.54. The van der Waals surface area contributed by atoms with Crippen molar-refractivity contribution < 1.29 is 8.78 Å². The highest BCUT2D eigenvalue weighted by molar-refractivity contribution is 5.10. The van der Waals surface area contributed by atoms with E-state index in [1.54, 1.807) is 0 Å². The maximum atomic E-state index is 13.2. The van der Waals surface area contributed by atoms with Crippen LogP contribution in [-0.4, -0.2) is 42.5 Å². The number of nitrogens with one attached hydrogen (secondary N) is 1. The van der Waals surface area contributed by atoms with E-state index >= 15 is 0 Å². The average molecular weight is 244 g/mol. The fourth-order valence-corrected chi connectivity index (χ4v) is 3.75. The molecule has 2 aliphatic heterocycles. The van der Waals surface area contributed by atoms with Gasteiger partial charge in [-0.2, -0.15) is 0 Å². The molecule has 1 aliphatic carbocycles. The van der Waals surface area contributed by atoms with E-state index in [0.29, 0.717) is 18.6 Å². The topological polar surface area (TPSA) is 15.3 Å². The van der Waals surface area contributed by atoms with Gasteiger partial charge in [0.05, 0.1) is 0 Å². The fourth-order valence-electron chi connectivity index (χ4n) is 3.75. The van der Waals surface area contributed by atoms with Gasteiger partial charge in [-0.05, 0) is 44.7 Å². The van der Waals surface area contributed by atoms with Gasteiger partial charge in [-0.15, -0.1) is 0 Å². The van der Waals surface area contributed by atoms with Gasteiger partial charge in [-0.3, -0.25) is 4.90 Å². The number of hydrogen-bond donors (Lipinski definition) is 1. The van der Waals surface area contributed by atoms with Crippen molar-refractivity contribution in [3.8, 4) is 0 Å². The van der Waals surface area contributed by atoms with Crippen LogP contribution >= 0.6 is 0 Å². The van der Waals surface area contributed by atoms with Gasteiger partial charge in [0.1, 0.15) is 0 Å². The molecule has 0 unspecified atom stereocenters. The summed E-state index contributed by atoms with van der Waals surface area (Å²) in [5.74, 6) is -1.66. The first kappa shape index (κ1) is 11.8. The molecule has 2 nitrogen and oxygen atoms in total. The number of piperidine rings is 2. The van der Waals surface area contributed by atoms with Crippen LogP contribution in [0, 0.1) is 5.92 Å². The molecule has 0 amide bonds. The zero-order valence-electron chi connectivity index (χ0n) is 10.4. The molecule has 1 saturated carbocycles. The standard InChI is InChI=1S/C13H22F2N2/c14-13(15)5-9-17(10-6-13)12(3-4-12)11-1-7-16-8-2-11/h11,16H,1-10H2. The lowest BCUT2D eigenvalue weighted by Gasteiger charge is -2.43. The van der Waals surface area contributed by atoms with Crippen molar-refractivity contribution in [2.75, 3.05) is 26.2 Å². The van der Waals surface area contributed by atoms with Crippen LogP contribution in [0.5, 0.6) is 0 Å². The number of rotatable bonds is 2. The highest BCUT2D eigenvalue weighted by Crippen LogP contribution is 2.52. The highest BCUT2D eigenvalue weighted by atomic mass is 19.3. The summed E-state index contributed by atoms with van der Waals surface area (Å²) in [5.41, 5.74) is 0.318. The minimum absolute atomic E-state index is 0.0692. The predicted octanol–water partition coefficient (Wildman–Crippen LogP) is 2.25. The third kappa shape index (κ3) is 2.22. The van der Waals surface area contributed by atoms with E-state index < -0.39 is 5.92 Å². The van der Waals surface area contributed by atoms with Crippen molar-refractivity contribution in [2.24, 2.45) is 5.92 Å². The fraction of sp³-hybridized carbons (Fsp3) is 1.00. The molecule has 2 heterocycles. The van der Waals surface area contributed by atoms with Crippen molar-refractivity contribution in [1.82, 2.24) is 10.2 Å². The van der Waals surface area contributed by atoms with E-state index in [1.165, 1.54) is 25.7 Å². The Morgan fingerprint density at radius 1 is 0.941 bits per heavy atom. The lowest BCUT2D eigenvalue weighted by atomic mass is 9.85. The molecule has 0 aromatic rings. The number of nitrogens with zero attached hydrogens (tertiary/aromatic N) is 1. The monoisotopic (exact) mass is 244 g/mol. The van der Waals surface area contributed by atoms with Crippen LogP contribution in [0.2, 0.25) is 0 Å². The second kappa shape index (κ2) is 4.16. The molecule has 0 bridgehead atoms. The average Bonchev–Trinajstić information content (AvgIpc) is 3.12. The molecule has 0 aromatic carbocycles. The summed E-state index contributed by atoms with van der Waals surface area (Å²) in [6.45, 7) is 3.43. The van der Waals surface area contributed by atoms with Gasteiger partial charge in [-0.25, -0.2) is 8.78 Å². The Kier molecular flexibility index (Phi) is 2.90. The summed E-state index contributed by atoms with van der Waals surface area (Å²) in [5, 5.41) is 3.39. The smallest absolute Gasteiger partial charge is 0.250 e. The lowest BCUT2D eigenvalue weighted by Crippen LogP contribution is -2.51. The van der Waals surface area contributed by atoms with Crippen LogP contribution in [0.25, 0.3) is 0 Å². The summed E-state index contributed by atoms with van der Waals surface area (Å²) >= 11 is 0. The van der Waals surface area contributed by atoms with Gasteiger partial charge < -0.3 is 5.32 Å². The molecule has 3 aliphatic rings. The molecule has 98 valence electrons. The van der Waals surface area contributed by atoms with Crippen LogP contribution in [0.15, 0.2) is 0 Å². The van der Waals surface area contributed by atoms with Crippen molar-refractivity contribution in [3.63, 3.8) is 0 Å². The molecule has 4 heteroatoms. The van der Waals surface area contributed by atoms with E-state index in [-0.39, 0.29) is 12.8 Å². The Morgan fingerprint density at radius 2 is 1.53 bits per heavy atom. The maximum absolute atomic E-state index is 13.2. The number of hydrogen-bond acceptors (Lipinski definition) is 2. The van der Waals surface area contributed by atoms with Crippen molar-refractivity contribution in [2.45, 2.75) is 50.0 Å². The minimum atomic E-state index is -2.40. The van der Waals surface area contributed by atoms with Gasteiger partial charge in [0.2, 0.25) is 0 Å². The quantitative estimate of drug-likeness (QED) is 0.801. The summed E-state index contributed by atoms with van der Waals surface area (Å²) in [6.07, 6.45) is 5.08. The second-order valence-corrected chi connectivity index (χ2v) is 5.97. The first-order chi connectivity index (χ1) is 8.12. The number of alkyl halides is 2. The van der Waals surface area contributed by atoms with E-state index in [9.17, 15) is 8.78 Å². The molecule has 0 aromatic heterocycles. The van der Waals surface area contributed by atoms with Gasteiger partial charge >= 0.3 is 0 Å². The molecule has 2 saturated heterocycles. The zero-order valence-corrected chi connectivity index (χ0v) is 10.4. The largest absolute Gasteiger partial charge is 0.317 e. The van der Waals surface area contributed by atoms with Crippen molar-refractivity contribution in [3.05, 3.63) is 0 Å². The molecule has 17 heavy (non-hydrogen) atoms. The Morgan fingerprint density at radius 3 is 2.06 bits per heavy atom. The van der Waals surface area contributed by atoms with Gasteiger partial charge in [0.25, 0.3) is 5.92 Å². The van der Waals surface area contributed by atoms with Crippen LogP contribution in [-0.2, 0) is 0 Å². The van der Waals surface area contributed by atoms with Crippen molar-refractivity contribution in [1.29, 1.82) is 0 Å². The summed E-state index contributed by atoms with van der Waals surface area (Å²) < 4.78 is 26.4.